The summed E-state index contributed by atoms with van der Waals surface area (Å²) in [5, 5.41) is 1.57. The highest BCUT2D eigenvalue weighted by Gasteiger charge is 2.04. The fraction of sp³-hybridized carbons (Fsp3) is 0.118. The van der Waals surface area contributed by atoms with Crippen LogP contribution in [0.4, 0.5) is 5.69 Å². The molecule has 3 aromatic rings. The van der Waals surface area contributed by atoms with E-state index in [1.54, 1.807) is 30.0 Å². The van der Waals surface area contributed by atoms with Crippen molar-refractivity contribution in [2.75, 3.05) is 12.8 Å². The molecule has 0 amide bonds. The molecule has 0 aliphatic carbocycles. The zero-order valence-corrected chi connectivity index (χ0v) is 11.7. The molecule has 0 saturated heterocycles. The van der Waals surface area contributed by atoms with Gasteiger partial charge < -0.3 is 15.0 Å². The Morgan fingerprint density at radius 3 is 2.57 bits per heavy atom. The average Bonchev–Trinajstić information content (AvgIpc) is 2.52. The molecule has 4 nitrogen and oxygen atoms in total. The minimum atomic E-state index is -0.00743. The third-order valence-electron chi connectivity index (χ3n) is 3.52. The lowest BCUT2D eigenvalue weighted by Gasteiger charge is -2.08. The summed E-state index contributed by atoms with van der Waals surface area (Å²) in [5.74, 6) is 0.748. The molecule has 2 aromatic carbocycles. The Hall–Kier alpha value is -2.75. The van der Waals surface area contributed by atoms with Crippen LogP contribution in [-0.2, 0) is 6.54 Å². The molecule has 0 fully saturated rings. The Morgan fingerprint density at radius 1 is 1.10 bits per heavy atom. The highest BCUT2D eigenvalue weighted by atomic mass is 16.5. The molecule has 0 saturated carbocycles. The van der Waals surface area contributed by atoms with Crippen molar-refractivity contribution in [2.24, 2.45) is 0 Å². The van der Waals surface area contributed by atoms with Crippen LogP contribution in [0.25, 0.3) is 10.8 Å². The lowest BCUT2D eigenvalue weighted by molar-refractivity contribution is 0.415. The van der Waals surface area contributed by atoms with Crippen molar-refractivity contribution in [3.8, 4) is 5.75 Å². The zero-order chi connectivity index (χ0) is 14.8. The predicted octanol–water partition coefficient (Wildman–Crippen LogP) is 2.64. The first kappa shape index (κ1) is 13.2. The van der Waals surface area contributed by atoms with Crippen molar-refractivity contribution in [1.82, 2.24) is 4.57 Å². The summed E-state index contributed by atoms with van der Waals surface area (Å²) in [7, 11) is 1.61. The predicted molar refractivity (Wildman–Crippen MR) is 84.7 cm³/mol. The van der Waals surface area contributed by atoms with Gasteiger partial charge in [0.1, 0.15) is 5.75 Å². The van der Waals surface area contributed by atoms with Crippen LogP contribution in [0.5, 0.6) is 5.75 Å². The molecule has 1 aromatic heterocycles. The van der Waals surface area contributed by atoms with Crippen LogP contribution in [0.15, 0.2) is 59.5 Å². The van der Waals surface area contributed by atoms with Gasteiger partial charge in [0.05, 0.1) is 13.7 Å². The fourth-order valence-electron chi connectivity index (χ4n) is 2.34. The topological polar surface area (TPSA) is 57.2 Å². The highest BCUT2D eigenvalue weighted by Crippen LogP contribution is 2.18. The van der Waals surface area contributed by atoms with Crippen molar-refractivity contribution in [3.05, 3.63) is 70.6 Å². The van der Waals surface area contributed by atoms with Crippen LogP contribution in [0.1, 0.15) is 5.56 Å². The lowest BCUT2D eigenvalue weighted by atomic mass is 10.1. The summed E-state index contributed by atoms with van der Waals surface area (Å²) in [6.45, 7) is 0.529. The molecule has 0 radical (unpaired) electrons. The molecular weight excluding hydrogens is 264 g/mol. The van der Waals surface area contributed by atoms with E-state index in [9.17, 15) is 4.79 Å². The van der Waals surface area contributed by atoms with E-state index < -0.39 is 0 Å². The molecule has 0 spiro atoms. The highest BCUT2D eigenvalue weighted by molar-refractivity contribution is 5.82. The van der Waals surface area contributed by atoms with Crippen molar-refractivity contribution >= 4 is 16.5 Å². The van der Waals surface area contributed by atoms with Crippen molar-refractivity contribution in [1.29, 1.82) is 0 Å². The van der Waals surface area contributed by atoms with E-state index in [1.165, 1.54) is 0 Å². The Labute approximate surface area is 122 Å². The number of methoxy groups -OCH3 is 1. The number of rotatable bonds is 3. The van der Waals surface area contributed by atoms with Gasteiger partial charge in [0.25, 0.3) is 5.56 Å². The van der Waals surface area contributed by atoms with Crippen LogP contribution < -0.4 is 16.0 Å². The van der Waals surface area contributed by atoms with E-state index in [2.05, 4.69) is 0 Å². The Morgan fingerprint density at radius 2 is 1.86 bits per heavy atom. The SMILES string of the molecule is COc1ccc2c(=O)n(Cc3ccc(N)cc3)ccc2c1. The second-order valence-corrected chi connectivity index (χ2v) is 4.94. The maximum absolute atomic E-state index is 12.5. The molecule has 21 heavy (non-hydrogen) atoms. The second-order valence-electron chi connectivity index (χ2n) is 4.94. The van der Waals surface area contributed by atoms with Crippen LogP contribution >= 0.6 is 0 Å². The van der Waals surface area contributed by atoms with Gasteiger partial charge in [0.15, 0.2) is 0 Å². The zero-order valence-electron chi connectivity index (χ0n) is 11.7. The minimum Gasteiger partial charge on any atom is -0.497 e. The van der Waals surface area contributed by atoms with Crippen molar-refractivity contribution < 1.29 is 4.74 Å². The van der Waals surface area contributed by atoms with Gasteiger partial charge in [-0.05, 0) is 47.3 Å². The van der Waals surface area contributed by atoms with Gasteiger partial charge in [-0.3, -0.25) is 4.79 Å². The van der Waals surface area contributed by atoms with Gasteiger partial charge in [0.2, 0.25) is 0 Å². The number of nitrogen functional groups attached to an aromatic ring is 1. The monoisotopic (exact) mass is 280 g/mol. The van der Waals surface area contributed by atoms with E-state index >= 15 is 0 Å². The van der Waals surface area contributed by atoms with Gasteiger partial charge in [-0.25, -0.2) is 0 Å². The Balaban J connectivity index is 2.02. The lowest BCUT2D eigenvalue weighted by Crippen LogP contribution is -2.20. The maximum atomic E-state index is 12.5. The fourth-order valence-corrected chi connectivity index (χ4v) is 2.34. The van der Waals surface area contributed by atoms with Gasteiger partial charge in [0, 0.05) is 17.3 Å². The summed E-state index contributed by atoms with van der Waals surface area (Å²) in [6, 6.07) is 14.9. The Bertz CT molecular complexity index is 836. The summed E-state index contributed by atoms with van der Waals surface area (Å²) in [4.78, 5) is 12.5. The summed E-state index contributed by atoms with van der Waals surface area (Å²) in [5.41, 5.74) is 7.42. The minimum absolute atomic E-state index is 0.00743. The number of fused-ring (bicyclic) bond motifs is 1. The van der Waals surface area contributed by atoms with E-state index in [4.69, 9.17) is 10.5 Å². The van der Waals surface area contributed by atoms with Gasteiger partial charge in [-0.2, -0.15) is 0 Å². The maximum Gasteiger partial charge on any atom is 0.258 e. The first-order valence-corrected chi connectivity index (χ1v) is 6.69. The number of ether oxygens (including phenoxy) is 1. The molecule has 1 heterocycles. The number of nitrogens with two attached hydrogens (primary N) is 1. The van der Waals surface area contributed by atoms with Gasteiger partial charge >= 0.3 is 0 Å². The molecule has 0 atom stereocenters. The normalized spacial score (nSPS) is 10.7. The van der Waals surface area contributed by atoms with Crippen LogP contribution in [0.2, 0.25) is 0 Å². The van der Waals surface area contributed by atoms with Crippen molar-refractivity contribution in [2.45, 2.75) is 6.54 Å². The number of benzene rings is 2. The molecule has 4 heteroatoms. The van der Waals surface area contributed by atoms with E-state index in [0.29, 0.717) is 11.9 Å². The van der Waals surface area contributed by atoms with E-state index in [1.807, 2.05) is 36.4 Å². The van der Waals surface area contributed by atoms with Crippen molar-refractivity contribution in [3.63, 3.8) is 0 Å². The standard InChI is InChI=1S/C17H16N2O2/c1-21-15-6-7-16-13(10-15)8-9-19(17(16)20)11-12-2-4-14(18)5-3-12/h2-10H,11,18H2,1H3. The number of hydrogen-bond acceptors (Lipinski definition) is 3. The average molecular weight is 280 g/mol. The molecule has 106 valence electrons. The quantitative estimate of drug-likeness (QED) is 0.750. The Kier molecular flexibility index (Phi) is 3.36. The smallest absolute Gasteiger partial charge is 0.258 e. The molecule has 0 unspecified atom stereocenters. The first-order valence-electron chi connectivity index (χ1n) is 6.69. The molecular formula is C17H16N2O2. The van der Waals surface area contributed by atoms with Crippen LogP contribution in [-0.4, -0.2) is 11.7 Å². The number of hydrogen-bond donors (Lipinski definition) is 1. The van der Waals surface area contributed by atoms with Crippen LogP contribution in [0, 0.1) is 0 Å². The van der Waals surface area contributed by atoms with E-state index in [-0.39, 0.29) is 5.56 Å². The van der Waals surface area contributed by atoms with E-state index in [0.717, 1.165) is 22.4 Å². The number of pyridine rings is 1. The van der Waals surface area contributed by atoms with Crippen LogP contribution in [0.3, 0.4) is 0 Å². The second kappa shape index (κ2) is 5.32. The summed E-state index contributed by atoms with van der Waals surface area (Å²) in [6.07, 6.45) is 1.81. The molecule has 2 N–H and O–H groups in total. The molecule has 0 bridgehead atoms. The summed E-state index contributed by atoms with van der Waals surface area (Å²) >= 11 is 0. The molecule has 3 rings (SSSR count). The third-order valence-corrected chi connectivity index (χ3v) is 3.52. The largest absolute Gasteiger partial charge is 0.497 e. The number of nitrogens with zero attached hydrogens (tertiary/aromatic N) is 1. The third kappa shape index (κ3) is 2.60. The van der Waals surface area contributed by atoms with Gasteiger partial charge in [-0.15, -0.1) is 0 Å². The van der Waals surface area contributed by atoms with Gasteiger partial charge in [-0.1, -0.05) is 12.1 Å². The molecule has 0 aliphatic heterocycles. The number of anilines is 1. The molecule has 0 aliphatic rings. The first-order chi connectivity index (χ1) is 10.2. The summed E-state index contributed by atoms with van der Waals surface area (Å²) < 4.78 is 6.87. The number of aromatic nitrogens is 1.